The van der Waals surface area contributed by atoms with Gasteiger partial charge in [-0.3, -0.25) is 0 Å². The van der Waals surface area contributed by atoms with E-state index >= 15 is 0 Å². The van der Waals surface area contributed by atoms with Gasteiger partial charge in [-0.25, -0.2) is 17.6 Å². The minimum absolute atomic E-state index is 0.212. The van der Waals surface area contributed by atoms with E-state index < -0.39 is 28.6 Å². The Morgan fingerprint density at radius 2 is 1.94 bits per heavy atom. The molecule has 1 aromatic carbocycles. The molecular weight excluding hydrogens is 258 g/mol. The summed E-state index contributed by atoms with van der Waals surface area (Å²) in [5, 5.41) is -0.650. The van der Waals surface area contributed by atoms with Crippen LogP contribution in [0.3, 0.4) is 0 Å². The number of alkyl halides is 2. The molecule has 0 fully saturated rings. The Hall–Kier alpha value is -1.49. The van der Waals surface area contributed by atoms with Crippen LogP contribution in [0.5, 0.6) is 0 Å². The largest absolute Gasteiger partial charge is 0.361 e. The standard InChI is InChI=1S/C11H6ClF4N/c12-9-8(7-2-1-3-17-7)5(11(15)16)4-6(13)10(9)14/h1-4,11,17H. The van der Waals surface area contributed by atoms with E-state index in [0.29, 0.717) is 6.07 Å². The van der Waals surface area contributed by atoms with Crippen LogP contribution in [-0.2, 0) is 0 Å². The van der Waals surface area contributed by atoms with Crippen LogP contribution >= 0.6 is 11.6 Å². The number of rotatable bonds is 2. The molecule has 0 aliphatic rings. The van der Waals surface area contributed by atoms with Gasteiger partial charge < -0.3 is 4.98 Å². The zero-order valence-electron chi connectivity index (χ0n) is 8.28. The van der Waals surface area contributed by atoms with E-state index in [2.05, 4.69) is 4.98 Å². The third-order valence-corrected chi connectivity index (χ3v) is 2.65. The summed E-state index contributed by atoms with van der Waals surface area (Å²) < 4.78 is 51.8. The Kier molecular flexibility index (Phi) is 3.11. The average Bonchev–Trinajstić information content (AvgIpc) is 2.78. The van der Waals surface area contributed by atoms with Crippen molar-refractivity contribution in [2.24, 2.45) is 0 Å². The van der Waals surface area contributed by atoms with Crippen LogP contribution in [0.2, 0.25) is 5.02 Å². The highest BCUT2D eigenvalue weighted by Gasteiger charge is 2.23. The van der Waals surface area contributed by atoms with Crippen LogP contribution in [0.1, 0.15) is 12.0 Å². The van der Waals surface area contributed by atoms with Gasteiger partial charge in [0.1, 0.15) is 0 Å². The summed E-state index contributed by atoms with van der Waals surface area (Å²) in [6.07, 6.45) is -1.47. The zero-order chi connectivity index (χ0) is 12.6. The molecule has 1 nitrogen and oxygen atoms in total. The number of aromatic amines is 1. The summed E-state index contributed by atoms with van der Waals surface area (Å²) in [6.45, 7) is 0. The second-order valence-electron chi connectivity index (χ2n) is 3.34. The van der Waals surface area contributed by atoms with Gasteiger partial charge in [-0.2, -0.15) is 0 Å². The molecule has 17 heavy (non-hydrogen) atoms. The molecule has 0 spiro atoms. The fourth-order valence-electron chi connectivity index (χ4n) is 1.55. The zero-order valence-corrected chi connectivity index (χ0v) is 9.03. The molecule has 0 aliphatic heterocycles. The predicted molar refractivity (Wildman–Crippen MR) is 56.1 cm³/mol. The minimum atomic E-state index is -2.94. The Labute approximate surface area is 99.0 Å². The Morgan fingerprint density at radius 1 is 1.24 bits per heavy atom. The van der Waals surface area contributed by atoms with Gasteiger partial charge in [-0.1, -0.05) is 11.6 Å². The van der Waals surface area contributed by atoms with Gasteiger partial charge in [-0.05, 0) is 18.2 Å². The van der Waals surface area contributed by atoms with Gasteiger partial charge in [0.15, 0.2) is 11.6 Å². The maximum Gasteiger partial charge on any atom is 0.264 e. The molecule has 90 valence electrons. The van der Waals surface area contributed by atoms with E-state index in [4.69, 9.17) is 11.6 Å². The molecule has 1 N–H and O–H groups in total. The summed E-state index contributed by atoms with van der Waals surface area (Å²) in [5.74, 6) is -2.72. The lowest BCUT2D eigenvalue weighted by molar-refractivity contribution is 0.151. The molecule has 2 aromatic rings. The van der Waals surface area contributed by atoms with Crippen LogP contribution in [0, 0.1) is 11.6 Å². The molecule has 0 bridgehead atoms. The topological polar surface area (TPSA) is 15.8 Å². The van der Waals surface area contributed by atoms with Crippen molar-refractivity contribution >= 4 is 11.6 Å². The maximum absolute atomic E-state index is 13.3. The third kappa shape index (κ3) is 2.02. The van der Waals surface area contributed by atoms with Crippen LogP contribution < -0.4 is 0 Å². The van der Waals surface area contributed by atoms with Crippen molar-refractivity contribution in [1.82, 2.24) is 4.98 Å². The molecule has 1 heterocycles. The molecule has 1 aromatic heterocycles. The molecule has 0 radical (unpaired) electrons. The molecule has 0 saturated carbocycles. The van der Waals surface area contributed by atoms with Crippen molar-refractivity contribution in [3.8, 4) is 11.3 Å². The highest BCUT2D eigenvalue weighted by Crippen LogP contribution is 2.38. The Balaban J connectivity index is 2.75. The van der Waals surface area contributed by atoms with Crippen molar-refractivity contribution in [3.63, 3.8) is 0 Å². The Bertz CT molecular complexity index is 537. The minimum Gasteiger partial charge on any atom is -0.361 e. The summed E-state index contributed by atoms with van der Waals surface area (Å²) in [7, 11) is 0. The molecule has 0 aliphatic carbocycles. The van der Waals surface area contributed by atoms with Gasteiger partial charge in [0.05, 0.1) is 5.02 Å². The van der Waals surface area contributed by atoms with Crippen molar-refractivity contribution < 1.29 is 17.6 Å². The molecular formula is C11H6ClF4N. The number of benzene rings is 1. The first kappa shape index (κ1) is 12.0. The van der Waals surface area contributed by atoms with Crippen molar-refractivity contribution in [2.45, 2.75) is 6.43 Å². The number of halogens is 5. The smallest absolute Gasteiger partial charge is 0.264 e. The van der Waals surface area contributed by atoms with E-state index in [1.807, 2.05) is 0 Å². The maximum atomic E-state index is 13.3. The lowest BCUT2D eigenvalue weighted by Gasteiger charge is -2.11. The number of H-pyrrole nitrogens is 1. The molecule has 0 unspecified atom stereocenters. The first-order valence-electron chi connectivity index (χ1n) is 4.61. The van der Waals surface area contributed by atoms with Gasteiger partial charge >= 0.3 is 0 Å². The van der Waals surface area contributed by atoms with E-state index in [-0.39, 0.29) is 11.3 Å². The second-order valence-corrected chi connectivity index (χ2v) is 3.71. The number of hydrogen-bond acceptors (Lipinski definition) is 0. The average molecular weight is 264 g/mol. The first-order valence-corrected chi connectivity index (χ1v) is 4.99. The summed E-state index contributed by atoms with van der Waals surface area (Å²) >= 11 is 5.57. The van der Waals surface area contributed by atoms with Gasteiger partial charge in [-0.15, -0.1) is 0 Å². The number of nitrogens with one attached hydrogen (secondary N) is 1. The third-order valence-electron chi connectivity index (χ3n) is 2.30. The molecule has 0 atom stereocenters. The van der Waals surface area contributed by atoms with Crippen molar-refractivity contribution in [3.05, 3.63) is 46.6 Å². The van der Waals surface area contributed by atoms with Crippen LogP contribution in [0.4, 0.5) is 17.6 Å². The van der Waals surface area contributed by atoms with Gasteiger partial charge in [0, 0.05) is 23.0 Å². The van der Waals surface area contributed by atoms with Crippen LogP contribution in [-0.4, -0.2) is 4.98 Å². The lowest BCUT2D eigenvalue weighted by Crippen LogP contribution is -1.98. The monoisotopic (exact) mass is 263 g/mol. The fraction of sp³-hybridized carbons (Fsp3) is 0.0909. The molecule has 0 amide bonds. The van der Waals surface area contributed by atoms with Crippen LogP contribution in [0.25, 0.3) is 11.3 Å². The van der Waals surface area contributed by atoms with E-state index in [9.17, 15) is 17.6 Å². The number of aromatic nitrogens is 1. The van der Waals surface area contributed by atoms with E-state index in [1.165, 1.54) is 12.3 Å². The Morgan fingerprint density at radius 3 is 2.47 bits per heavy atom. The summed E-state index contributed by atoms with van der Waals surface area (Å²) in [4.78, 5) is 2.63. The predicted octanol–water partition coefficient (Wildman–Crippen LogP) is 4.55. The highest BCUT2D eigenvalue weighted by atomic mass is 35.5. The van der Waals surface area contributed by atoms with E-state index in [1.54, 1.807) is 6.07 Å². The highest BCUT2D eigenvalue weighted by molar-refractivity contribution is 6.33. The van der Waals surface area contributed by atoms with Gasteiger partial charge in [0.2, 0.25) is 0 Å². The van der Waals surface area contributed by atoms with Crippen molar-refractivity contribution in [1.29, 1.82) is 0 Å². The number of hydrogen-bond donors (Lipinski definition) is 1. The molecule has 6 heteroatoms. The SMILES string of the molecule is Fc1cc(C(F)F)c(-c2ccc[nH]2)c(Cl)c1F. The fourth-order valence-corrected chi connectivity index (χ4v) is 1.85. The quantitative estimate of drug-likeness (QED) is 0.604. The molecule has 2 rings (SSSR count). The lowest BCUT2D eigenvalue weighted by atomic mass is 10.0. The molecule has 0 saturated heterocycles. The van der Waals surface area contributed by atoms with E-state index in [0.717, 1.165) is 0 Å². The normalized spacial score (nSPS) is 11.2. The summed E-state index contributed by atoms with van der Waals surface area (Å²) in [5.41, 5.74) is -0.647. The first-order chi connectivity index (χ1) is 8.02. The van der Waals surface area contributed by atoms with Gasteiger partial charge in [0.25, 0.3) is 6.43 Å². The second kappa shape index (κ2) is 4.41. The summed E-state index contributed by atoms with van der Waals surface area (Å²) in [6, 6.07) is 3.45. The van der Waals surface area contributed by atoms with Crippen molar-refractivity contribution in [2.75, 3.05) is 0 Å². The van der Waals surface area contributed by atoms with Crippen LogP contribution in [0.15, 0.2) is 24.4 Å².